The third-order valence-electron chi connectivity index (χ3n) is 1.73. The molecule has 0 aromatic rings. The molecule has 0 fully saturated rings. The molecular formula is C7H19N3. The second-order valence-corrected chi connectivity index (χ2v) is 3.79. The van der Waals surface area contributed by atoms with Crippen molar-refractivity contribution in [1.82, 2.24) is 0 Å². The van der Waals surface area contributed by atoms with Gasteiger partial charge >= 0.3 is 0 Å². The molecule has 0 spiro atoms. The highest BCUT2D eigenvalue weighted by molar-refractivity contribution is 4.86. The van der Waals surface area contributed by atoms with Gasteiger partial charge in [-0.1, -0.05) is 20.8 Å². The lowest BCUT2D eigenvalue weighted by Crippen LogP contribution is -2.53. The Hall–Kier alpha value is -0.120. The second kappa shape index (κ2) is 3.32. The Labute approximate surface area is 62.9 Å². The first-order valence-electron chi connectivity index (χ1n) is 3.61. The van der Waals surface area contributed by atoms with E-state index in [1.807, 2.05) is 0 Å². The molecule has 10 heavy (non-hydrogen) atoms. The van der Waals surface area contributed by atoms with E-state index in [1.54, 1.807) is 0 Å². The highest BCUT2D eigenvalue weighted by Gasteiger charge is 2.25. The summed E-state index contributed by atoms with van der Waals surface area (Å²) in [6.07, 6.45) is 0. The van der Waals surface area contributed by atoms with Gasteiger partial charge in [-0.15, -0.1) is 0 Å². The fourth-order valence-electron chi connectivity index (χ4n) is 0.789. The molecule has 0 saturated heterocycles. The van der Waals surface area contributed by atoms with Crippen molar-refractivity contribution in [3.8, 4) is 0 Å². The lowest BCUT2D eigenvalue weighted by Gasteiger charge is -2.31. The van der Waals surface area contributed by atoms with Gasteiger partial charge in [-0.05, 0) is 5.41 Å². The zero-order chi connectivity index (χ0) is 8.36. The summed E-state index contributed by atoms with van der Waals surface area (Å²) in [4.78, 5) is 0. The quantitative estimate of drug-likeness (QED) is 0.497. The average Bonchev–Trinajstić information content (AvgIpc) is 1.83. The molecule has 2 unspecified atom stereocenters. The molecule has 62 valence electrons. The van der Waals surface area contributed by atoms with Crippen molar-refractivity contribution in [2.45, 2.75) is 32.9 Å². The first kappa shape index (κ1) is 9.88. The van der Waals surface area contributed by atoms with Crippen molar-refractivity contribution in [3.63, 3.8) is 0 Å². The molecule has 0 aliphatic rings. The van der Waals surface area contributed by atoms with Crippen molar-refractivity contribution < 1.29 is 0 Å². The van der Waals surface area contributed by atoms with Gasteiger partial charge in [0, 0.05) is 18.6 Å². The van der Waals surface area contributed by atoms with E-state index in [1.165, 1.54) is 0 Å². The lowest BCUT2D eigenvalue weighted by atomic mass is 9.83. The molecule has 0 heterocycles. The summed E-state index contributed by atoms with van der Waals surface area (Å²) in [5, 5.41) is 0. The van der Waals surface area contributed by atoms with Gasteiger partial charge in [0.1, 0.15) is 0 Å². The minimum absolute atomic E-state index is 0.0162. The van der Waals surface area contributed by atoms with E-state index in [4.69, 9.17) is 17.2 Å². The smallest absolute Gasteiger partial charge is 0.0322 e. The van der Waals surface area contributed by atoms with Crippen molar-refractivity contribution in [1.29, 1.82) is 0 Å². The molecule has 0 rings (SSSR count). The number of rotatable bonds is 2. The minimum atomic E-state index is -0.0833. The van der Waals surface area contributed by atoms with Gasteiger partial charge < -0.3 is 17.2 Å². The SMILES string of the molecule is CC(C)(C)C(N)C(N)CN. The first-order chi connectivity index (χ1) is 4.39. The monoisotopic (exact) mass is 145 g/mol. The van der Waals surface area contributed by atoms with Crippen molar-refractivity contribution in [3.05, 3.63) is 0 Å². The molecule has 0 bridgehead atoms. The van der Waals surface area contributed by atoms with Gasteiger partial charge in [-0.25, -0.2) is 0 Å². The Morgan fingerprint density at radius 3 is 1.70 bits per heavy atom. The van der Waals surface area contributed by atoms with Crippen LogP contribution in [-0.2, 0) is 0 Å². The molecule has 3 nitrogen and oxygen atoms in total. The van der Waals surface area contributed by atoms with Crippen LogP contribution in [0.1, 0.15) is 20.8 Å². The van der Waals surface area contributed by atoms with E-state index in [-0.39, 0.29) is 17.5 Å². The Morgan fingerprint density at radius 2 is 1.60 bits per heavy atom. The van der Waals surface area contributed by atoms with Crippen molar-refractivity contribution in [2.75, 3.05) is 6.54 Å². The molecule has 0 amide bonds. The summed E-state index contributed by atoms with van der Waals surface area (Å²) in [5.41, 5.74) is 16.9. The zero-order valence-electron chi connectivity index (χ0n) is 7.09. The van der Waals surface area contributed by atoms with Crippen LogP contribution in [0.3, 0.4) is 0 Å². The molecular weight excluding hydrogens is 126 g/mol. The summed E-state index contributed by atoms with van der Waals surface area (Å²) in [6.45, 7) is 6.64. The lowest BCUT2D eigenvalue weighted by molar-refractivity contribution is 0.283. The third-order valence-corrected chi connectivity index (χ3v) is 1.73. The Bertz CT molecular complexity index is 95.5. The fraction of sp³-hybridized carbons (Fsp3) is 1.00. The second-order valence-electron chi connectivity index (χ2n) is 3.79. The van der Waals surface area contributed by atoms with E-state index >= 15 is 0 Å². The molecule has 0 aliphatic heterocycles. The summed E-state index contributed by atoms with van der Waals surface area (Å²) < 4.78 is 0. The maximum absolute atomic E-state index is 5.80. The molecule has 3 heteroatoms. The van der Waals surface area contributed by atoms with Crippen LogP contribution in [0.15, 0.2) is 0 Å². The molecule has 0 saturated carbocycles. The predicted molar refractivity (Wildman–Crippen MR) is 44.5 cm³/mol. The Balaban J connectivity index is 3.94. The van der Waals surface area contributed by atoms with Gasteiger partial charge in [0.25, 0.3) is 0 Å². The van der Waals surface area contributed by atoms with Gasteiger partial charge in [0.2, 0.25) is 0 Å². The Morgan fingerprint density at radius 1 is 1.20 bits per heavy atom. The average molecular weight is 145 g/mol. The Kier molecular flexibility index (Phi) is 3.28. The number of hydrogen-bond acceptors (Lipinski definition) is 3. The first-order valence-corrected chi connectivity index (χ1v) is 3.61. The predicted octanol–water partition coefficient (Wildman–Crippen LogP) is -0.354. The van der Waals surface area contributed by atoms with E-state index in [0.29, 0.717) is 6.54 Å². The molecule has 2 atom stereocenters. The van der Waals surface area contributed by atoms with Crippen LogP contribution in [0.2, 0.25) is 0 Å². The van der Waals surface area contributed by atoms with Crippen LogP contribution in [-0.4, -0.2) is 18.6 Å². The molecule has 0 aromatic heterocycles. The summed E-state index contributed by atoms with van der Waals surface area (Å²) in [7, 11) is 0. The van der Waals surface area contributed by atoms with Gasteiger partial charge in [-0.3, -0.25) is 0 Å². The maximum atomic E-state index is 5.80. The van der Waals surface area contributed by atoms with Crippen LogP contribution in [0.5, 0.6) is 0 Å². The largest absolute Gasteiger partial charge is 0.329 e. The number of nitrogens with two attached hydrogens (primary N) is 3. The standard InChI is InChI=1S/C7H19N3/c1-7(2,3)6(10)5(9)4-8/h5-6H,4,8-10H2,1-3H3. The molecule has 0 aromatic carbocycles. The molecule has 6 N–H and O–H groups in total. The number of hydrogen-bond donors (Lipinski definition) is 3. The molecule has 0 aliphatic carbocycles. The van der Waals surface area contributed by atoms with Crippen LogP contribution >= 0.6 is 0 Å². The summed E-state index contributed by atoms with van der Waals surface area (Å²) in [5.74, 6) is 0. The van der Waals surface area contributed by atoms with E-state index in [2.05, 4.69) is 20.8 Å². The summed E-state index contributed by atoms with van der Waals surface area (Å²) in [6, 6.07) is -0.0995. The molecule has 0 radical (unpaired) electrons. The van der Waals surface area contributed by atoms with Crippen LogP contribution < -0.4 is 17.2 Å². The van der Waals surface area contributed by atoms with E-state index in [0.717, 1.165) is 0 Å². The van der Waals surface area contributed by atoms with Crippen LogP contribution in [0.4, 0.5) is 0 Å². The highest BCUT2D eigenvalue weighted by atomic mass is 14.8. The van der Waals surface area contributed by atoms with Gasteiger partial charge in [-0.2, -0.15) is 0 Å². The summed E-state index contributed by atoms with van der Waals surface area (Å²) >= 11 is 0. The van der Waals surface area contributed by atoms with E-state index in [9.17, 15) is 0 Å². The fourth-order valence-corrected chi connectivity index (χ4v) is 0.789. The van der Waals surface area contributed by atoms with Crippen molar-refractivity contribution in [2.24, 2.45) is 22.6 Å². The van der Waals surface area contributed by atoms with Crippen molar-refractivity contribution >= 4 is 0 Å². The normalized spacial score (nSPS) is 18.6. The maximum Gasteiger partial charge on any atom is 0.0322 e. The minimum Gasteiger partial charge on any atom is -0.329 e. The van der Waals surface area contributed by atoms with Gasteiger partial charge in [0.15, 0.2) is 0 Å². The van der Waals surface area contributed by atoms with Crippen LogP contribution in [0.25, 0.3) is 0 Å². The van der Waals surface area contributed by atoms with Gasteiger partial charge in [0.05, 0.1) is 0 Å². The topological polar surface area (TPSA) is 78.1 Å². The third kappa shape index (κ3) is 2.64. The van der Waals surface area contributed by atoms with E-state index < -0.39 is 0 Å². The van der Waals surface area contributed by atoms with Crippen LogP contribution in [0, 0.1) is 5.41 Å². The zero-order valence-corrected chi connectivity index (χ0v) is 7.09. The highest BCUT2D eigenvalue weighted by Crippen LogP contribution is 2.18.